The molecule has 0 aliphatic carbocycles. The van der Waals surface area contributed by atoms with Gasteiger partial charge in [-0.15, -0.1) is 0 Å². The largest absolute Gasteiger partial charge is 0.356 e. The maximum atomic E-state index is 12.0. The van der Waals surface area contributed by atoms with Crippen LogP contribution in [0, 0.1) is 17.2 Å². The number of nitrogens with zero attached hydrogens (tertiary/aromatic N) is 3. The highest BCUT2D eigenvalue weighted by molar-refractivity contribution is 5.76. The Hall–Kier alpha value is -1.90. The van der Waals surface area contributed by atoms with Crippen LogP contribution in [0.3, 0.4) is 0 Å². The van der Waals surface area contributed by atoms with Gasteiger partial charge in [-0.1, -0.05) is 26.0 Å². The van der Waals surface area contributed by atoms with Crippen molar-refractivity contribution in [3.63, 3.8) is 0 Å². The zero-order chi connectivity index (χ0) is 18.1. The zero-order valence-electron chi connectivity index (χ0n) is 15.5. The molecule has 25 heavy (non-hydrogen) atoms. The molecule has 136 valence electrons. The van der Waals surface area contributed by atoms with E-state index in [2.05, 4.69) is 35.0 Å². The average molecular weight is 342 g/mol. The molecule has 0 radical (unpaired) electrons. The van der Waals surface area contributed by atoms with Gasteiger partial charge in [0, 0.05) is 45.7 Å². The van der Waals surface area contributed by atoms with Crippen molar-refractivity contribution >= 4 is 5.91 Å². The molecule has 0 bridgehead atoms. The Bertz CT molecular complexity index is 570. The fourth-order valence-corrected chi connectivity index (χ4v) is 3.17. The topological polar surface area (TPSA) is 59.4 Å². The van der Waals surface area contributed by atoms with Crippen LogP contribution in [0.15, 0.2) is 24.3 Å². The van der Waals surface area contributed by atoms with Crippen molar-refractivity contribution in [2.45, 2.75) is 26.7 Å². The number of rotatable bonds is 8. The number of amides is 1. The van der Waals surface area contributed by atoms with E-state index in [9.17, 15) is 4.79 Å². The van der Waals surface area contributed by atoms with E-state index in [1.165, 1.54) is 0 Å². The fourth-order valence-electron chi connectivity index (χ4n) is 3.17. The molecule has 1 fully saturated rings. The van der Waals surface area contributed by atoms with Gasteiger partial charge in [-0.25, -0.2) is 0 Å². The minimum atomic E-state index is 0.104. The normalized spacial score (nSPS) is 17.0. The van der Waals surface area contributed by atoms with Gasteiger partial charge in [0.1, 0.15) is 0 Å². The highest BCUT2D eigenvalue weighted by Gasteiger charge is 2.17. The number of nitriles is 1. The van der Waals surface area contributed by atoms with Gasteiger partial charge in [0.2, 0.25) is 5.91 Å². The van der Waals surface area contributed by atoms with Gasteiger partial charge in [0.05, 0.1) is 11.6 Å². The van der Waals surface area contributed by atoms with E-state index < -0.39 is 0 Å². The summed E-state index contributed by atoms with van der Waals surface area (Å²) in [5.74, 6) is 0.569. The van der Waals surface area contributed by atoms with Crippen LogP contribution in [-0.4, -0.2) is 61.5 Å². The van der Waals surface area contributed by atoms with Crippen molar-refractivity contribution in [3.05, 3.63) is 35.4 Å². The van der Waals surface area contributed by atoms with Crippen LogP contribution in [0.1, 0.15) is 31.4 Å². The van der Waals surface area contributed by atoms with Crippen LogP contribution in [-0.2, 0) is 11.2 Å². The van der Waals surface area contributed by atoms with Crippen LogP contribution < -0.4 is 5.32 Å². The number of carbonyl (C=O) groups excluding carboxylic acids is 1. The van der Waals surface area contributed by atoms with Crippen molar-refractivity contribution in [2.75, 3.05) is 45.8 Å². The Morgan fingerprint density at radius 2 is 1.84 bits per heavy atom. The number of benzene rings is 1. The number of hydrogen-bond donors (Lipinski definition) is 1. The van der Waals surface area contributed by atoms with Crippen LogP contribution in [0.2, 0.25) is 0 Å². The third-order valence-corrected chi connectivity index (χ3v) is 4.85. The Balaban J connectivity index is 1.61. The summed E-state index contributed by atoms with van der Waals surface area (Å²) < 4.78 is 0. The standard InChI is InChI=1S/C20H30N4O/c1-3-23-10-12-24(13-11-23)16-17(2)15-22-20(25)9-8-18-4-6-19(14-21)7-5-18/h4-7,17H,3,8-13,15-16H2,1-2H3,(H,22,25)/t17-/m1/s1. The first-order valence-electron chi connectivity index (χ1n) is 9.31. The molecular weight excluding hydrogens is 312 g/mol. The number of nitrogens with one attached hydrogen (secondary N) is 1. The second-order valence-electron chi connectivity index (χ2n) is 6.95. The molecular formula is C20H30N4O. The van der Waals surface area contributed by atoms with Crippen LogP contribution in [0.4, 0.5) is 0 Å². The highest BCUT2D eigenvalue weighted by Crippen LogP contribution is 2.07. The second-order valence-corrected chi connectivity index (χ2v) is 6.95. The summed E-state index contributed by atoms with van der Waals surface area (Å²) >= 11 is 0. The van der Waals surface area contributed by atoms with Crippen molar-refractivity contribution in [3.8, 4) is 6.07 Å². The van der Waals surface area contributed by atoms with Gasteiger partial charge >= 0.3 is 0 Å². The summed E-state index contributed by atoms with van der Waals surface area (Å²) in [6, 6.07) is 9.55. The monoisotopic (exact) mass is 342 g/mol. The van der Waals surface area contributed by atoms with E-state index in [0.717, 1.165) is 51.4 Å². The summed E-state index contributed by atoms with van der Waals surface area (Å²) in [6.07, 6.45) is 1.21. The molecule has 1 N–H and O–H groups in total. The molecule has 1 amide bonds. The first-order valence-corrected chi connectivity index (χ1v) is 9.31. The quantitative estimate of drug-likeness (QED) is 0.784. The molecule has 1 aliphatic rings. The average Bonchev–Trinajstić information content (AvgIpc) is 2.65. The van der Waals surface area contributed by atoms with Crippen LogP contribution >= 0.6 is 0 Å². The lowest BCUT2D eigenvalue weighted by Crippen LogP contribution is -2.48. The number of piperazine rings is 1. The molecule has 0 saturated carbocycles. The Morgan fingerprint density at radius 3 is 2.44 bits per heavy atom. The summed E-state index contributed by atoms with van der Waals surface area (Å²) in [6.45, 7) is 11.9. The molecule has 1 aromatic rings. The van der Waals surface area contributed by atoms with Gasteiger partial charge in [-0.05, 0) is 36.6 Å². The summed E-state index contributed by atoms with van der Waals surface area (Å²) in [7, 11) is 0. The molecule has 1 aliphatic heterocycles. The minimum absolute atomic E-state index is 0.104. The summed E-state index contributed by atoms with van der Waals surface area (Å²) in [5.41, 5.74) is 1.75. The number of hydrogen-bond acceptors (Lipinski definition) is 4. The highest BCUT2D eigenvalue weighted by atomic mass is 16.1. The summed E-state index contributed by atoms with van der Waals surface area (Å²) in [5, 5.41) is 11.8. The molecule has 0 spiro atoms. The van der Waals surface area contributed by atoms with Gasteiger partial charge < -0.3 is 15.1 Å². The fraction of sp³-hybridized carbons (Fsp3) is 0.600. The molecule has 5 nitrogen and oxygen atoms in total. The van der Waals surface area contributed by atoms with Crippen molar-refractivity contribution in [1.82, 2.24) is 15.1 Å². The lowest BCUT2D eigenvalue weighted by molar-refractivity contribution is -0.121. The third-order valence-electron chi connectivity index (χ3n) is 4.85. The van der Waals surface area contributed by atoms with Gasteiger partial charge in [-0.3, -0.25) is 4.79 Å². The predicted molar refractivity (Wildman–Crippen MR) is 100 cm³/mol. The van der Waals surface area contributed by atoms with E-state index in [1.54, 1.807) is 12.1 Å². The van der Waals surface area contributed by atoms with Gasteiger partial charge in [0.25, 0.3) is 0 Å². The molecule has 1 aromatic carbocycles. The minimum Gasteiger partial charge on any atom is -0.356 e. The third kappa shape index (κ3) is 6.85. The van der Waals surface area contributed by atoms with E-state index in [-0.39, 0.29) is 5.91 Å². The number of likely N-dealkylation sites (N-methyl/N-ethyl adjacent to an activating group) is 1. The molecule has 1 heterocycles. The zero-order valence-corrected chi connectivity index (χ0v) is 15.5. The molecule has 0 aromatic heterocycles. The van der Waals surface area contributed by atoms with Crippen molar-refractivity contribution in [1.29, 1.82) is 5.26 Å². The smallest absolute Gasteiger partial charge is 0.220 e. The summed E-state index contributed by atoms with van der Waals surface area (Å²) in [4.78, 5) is 17.0. The van der Waals surface area contributed by atoms with Crippen LogP contribution in [0.25, 0.3) is 0 Å². The van der Waals surface area contributed by atoms with Crippen molar-refractivity contribution < 1.29 is 4.79 Å². The first-order chi connectivity index (χ1) is 12.1. The first kappa shape index (κ1) is 19.4. The Morgan fingerprint density at radius 1 is 1.20 bits per heavy atom. The molecule has 5 heteroatoms. The van der Waals surface area contributed by atoms with E-state index in [4.69, 9.17) is 5.26 Å². The Kier molecular flexibility index (Phi) is 7.90. The van der Waals surface area contributed by atoms with E-state index in [1.807, 2.05) is 12.1 Å². The lowest BCUT2D eigenvalue weighted by atomic mass is 10.1. The molecule has 1 saturated heterocycles. The van der Waals surface area contributed by atoms with E-state index >= 15 is 0 Å². The Labute approximate surface area is 151 Å². The van der Waals surface area contributed by atoms with Crippen molar-refractivity contribution in [2.24, 2.45) is 5.92 Å². The van der Waals surface area contributed by atoms with Crippen LogP contribution in [0.5, 0.6) is 0 Å². The SMILES string of the molecule is CCN1CCN(C[C@H](C)CNC(=O)CCc2ccc(C#N)cc2)CC1. The number of aryl methyl sites for hydroxylation is 1. The maximum absolute atomic E-state index is 12.0. The predicted octanol–water partition coefficient (Wildman–Crippen LogP) is 1.88. The van der Waals surface area contributed by atoms with Gasteiger partial charge in [0.15, 0.2) is 0 Å². The molecule has 0 unspecified atom stereocenters. The second kappa shape index (κ2) is 10.2. The van der Waals surface area contributed by atoms with Gasteiger partial charge in [-0.2, -0.15) is 5.26 Å². The lowest BCUT2D eigenvalue weighted by Gasteiger charge is -2.35. The molecule has 2 rings (SSSR count). The van der Waals surface area contributed by atoms with E-state index in [0.29, 0.717) is 24.3 Å². The number of carbonyl (C=O) groups is 1. The molecule has 1 atom stereocenters. The maximum Gasteiger partial charge on any atom is 0.220 e.